The van der Waals surface area contributed by atoms with Crippen LogP contribution < -0.4 is 5.32 Å². The Morgan fingerprint density at radius 1 is 1.47 bits per heavy atom. The minimum Gasteiger partial charge on any atom is -0.359 e. The summed E-state index contributed by atoms with van der Waals surface area (Å²) in [5.74, 6) is -1.75. The van der Waals surface area contributed by atoms with Gasteiger partial charge in [-0.15, -0.1) is 0 Å². The van der Waals surface area contributed by atoms with E-state index in [1.54, 1.807) is 13.8 Å². The number of carbonyl (C=O) groups excluding carboxylic acids is 3. The van der Waals surface area contributed by atoms with Crippen LogP contribution in [0.3, 0.4) is 0 Å². The van der Waals surface area contributed by atoms with E-state index in [9.17, 15) is 14.4 Å². The van der Waals surface area contributed by atoms with Gasteiger partial charge in [0.05, 0.1) is 0 Å². The van der Waals surface area contributed by atoms with E-state index in [1.165, 1.54) is 0 Å². The summed E-state index contributed by atoms with van der Waals surface area (Å²) < 4.78 is 5.10. The minimum atomic E-state index is -0.614. The Morgan fingerprint density at radius 3 is 2.47 bits per heavy atom. The molecule has 1 rings (SSSR count). The summed E-state index contributed by atoms with van der Waals surface area (Å²) in [6.07, 6.45) is 1.67. The highest BCUT2D eigenvalue weighted by Crippen LogP contribution is 2.11. The summed E-state index contributed by atoms with van der Waals surface area (Å²) in [5.41, 5.74) is -0.212. The molecule has 1 aliphatic heterocycles. The van der Waals surface area contributed by atoms with Crippen LogP contribution in [0.25, 0.3) is 0 Å². The van der Waals surface area contributed by atoms with Gasteiger partial charge in [-0.1, -0.05) is 6.58 Å². The van der Waals surface area contributed by atoms with Gasteiger partial charge in [-0.2, -0.15) is 0 Å². The molecule has 0 fully saturated rings. The normalized spacial score (nSPS) is 16.2. The highest BCUT2D eigenvalue weighted by atomic mass is 16.5. The molecule has 0 bridgehead atoms. The van der Waals surface area contributed by atoms with Crippen molar-refractivity contribution in [3.8, 4) is 0 Å². The first-order valence-electron chi connectivity index (χ1n) is 5.14. The lowest BCUT2D eigenvalue weighted by atomic mass is 10.3. The van der Waals surface area contributed by atoms with Gasteiger partial charge in [-0.05, 0) is 13.8 Å². The van der Waals surface area contributed by atoms with Gasteiger partial charge in [-0.3, -0.25) is 14.4 Å². The predicted octanol–water partition coefficient (Wildman–Crippen LogP) is -0.0762. The summed E-state index contributed by atoms with van der Waals surface area (Å²) in [4.78, 5) is 34.9. The van der Waals surface area contributed by atoms with E-state index < -0.39 is 23.9 Å². The topological polar surface area (TPSA) is 75.7 Å². The number of hydrogen-bond acceptors (Lipinski definition) is 4. The molecule has 0 spiro atoms. The van der Waals surface area contributed by atoms with E-state index >= 15 is 0 Å². The Hall–Kier alpha value is -1.95. The van der Waals surface area contributed by atoms with Crippen molar-refractivity contribution in [3.63, 3.8) is 0 Å². The number of nitrogens with one attached hydrogen (secondary N) is 1. The first kappa shape index (κ1) is 13.1. The molecule has 0 saturated heterocycles. The molecule has 1 unspecified atom stereocenters. The van der Waals surface area contributed by atoms with Crippen LogP contribution in [-0.4, -0.2) is 35.5 Å². The second-order valence-corrected chi connectivity index (χ2v) is 3.36. The Labute approximate surface area is 98.9 Å². The maximum Gasteiger partial charge on any atom is 0.269 e. The van der Waals surface area contributed by atoms with Gasteiger partial charge in [0.1, 0.15) is 11.9 Å². The molecule has 3 amide bonds. The molecule has 0 radical (unpaired) electrons. The summed E-state index contributed by atoms with van der Waals surface area (Å²) in [6.45, 7) is 7.29. The molecular weight excluding hydrogens is 224 g/mol. The highest BCUT2D eigenvalue weighted by molar-refractivity contribution is 6.17. The molecule has 1 heterocycles. The fourth-order valence-electron chi connectivity index (χ4n) is 1.33. The molecule has 1 atom stereocenters. The van der Waals surface area contributed by atoms with Crippen LogP contribution in [0.15, 0.2) is 24.4 Å². The zero-order valence-electron chi connectivity index (χ0n) is 9.73. The molecule has 17 heavy (non-hydrogen) atoms. The first-order valence-corrected chi connectivity index (χ1v) is 5.14. The van der Waals surface area contributed by atoms with Gasteiger partial charge in [0.15, 0.2) is 0 Å². The van der Waals surface area contributed by atoms with Crippen LogP contribution in [0.5, 0.6) is 0 Å². The molecule has 6 heteroatoms. The second-order valence-electron chi connectivity index (χ2n) is 3.36. The van der Waals surface area contributed by atoms with E-state index in [1.807, 2.05) is 0 Å². The van der Waals surface area contributed by atoms with E-state index in [-0.39, 0.29) is 5.70 Å². The third kappa shape index (κ3) is 3.01. The average molecular weight is 238 g/mol. The third-order valence-corrected chi connectivity index (χ3v) is 2.09. The summed E-state index contributed by atoms with van der Waals surface area (Å²) in [5, 5.41) is 2.46. The van der Waals surface area contributed by atoms with Crippen molar-refractivity contribution in [1.82, 2.24) is 10.2 Å². The van der Waals surface area contributed by atoms with Crippen LogP contribution in [0.2, 0.25) is 0 Å². The predicted molar refractivity (Wildman–Crippen MR) is 59.4 cm³/mol. The third-order valence-electron chi connectivity index (χ3n) is 2.09. The summed E-state index contributed by atoms with van der Waals surface area (Å²) in [7, 11) is 0. The van der Waals surface area contributed by atoms with Gasteiger partial charge in [0.2, 0.25) is 0 Å². The molecule has 1 aliphatic rings. The van der Waals surface area contributed by atoms with Crippen LogP contribution in [0.1, 0.15) is 13.8 Å². The average Bonchev–Trinajstić information content (AvgIpc) is 2.58. The van der Waals surface area contributed by atoms with Crippen LogP contribution in [0.4, 0.5) is 0 Å². The van der Waals surface area contributed by atoms with Crippen molar-refractivity contribution in [1.29, 1.82) is 0 Å². The number of imide groups is 1. The molecule has 0 aromatic heterocycles. The summed E-state index contributed by atoms with van der Waals surface area (Å²) in [6, 6.07) is 0. The minimum absolute atomic E-state index is 0.212. The van der Waals surface area contributed by atoms with Crippen molar-refractivity contribution in [2.45, 2.75) is 20.1 Å². The monoisotopic (exact) mass is 238 g/mol. The number of ether oxygens (including phenoxy) is 1. The Balaban J connectivity index is 2.62. The van der Waals surface area contributed by atoms with Crippen molar-refractivity contribution < 1.29 is 19.1 Å². The molecule has 1 N–H and O–H groups in total. The van der Waals surface area contributed by atoms with Gasteiger partial charge in [-0.25, -0.2) is 4.90 Å². The van der Waals surface area contributed by atoms with E-state index in [2.05, 4.69) is 11.9 Å². The smallest absolute Gasteiger partial charge is 0.269 e. The van der Waals surface area contributed by atoms with Gasteiger partial charge >= 0.3 is 0 Å². The second kappa shape index (κ2) is 5.40. The number of carbonyl (C=O) groups is 3. The number of hydrogen-bond donors (Lipinski definition) is 1. The van der Waals surface area contributed by atoms with Crippen LogP contribution in [0, 0.1) is 0 Å². The van der Waals surface area contributed by atoms with E-state index in [0.29, 0.717) is 11.5 Å². The largest absolute Gasteiger partial charge is 0.359 e. The van der Waals surface area contributed by atoms with Crippen molar-refractivity contribution in [2.75, 3.05) is 6.61 Å². The SMILES string of the molecule is C=C(C(=O)NC(C)OCC)N1C(=O)C=CC1=O. The van der Waals surface area contributed by atoms with Crippen LogP contribution >= 0.6 is 0 Å². The van der Waals surface area contributed by atoms with Gasteiger partial charge in [0, 0.05) is 18.8 Å². The molecule has 92 valence electrons. The zero-order valence-corrected chi connectivity index (χ0v) is 9.73. The lowest BCUT2D eigenvalue weighted by molar-refractivity contribution is -0.138. The summed E-state index contributed by atoms with van der Waals surface area (Å²) >= 11 is 0. The van der Waals surface area contributed by atoms with E-state index in [4.69, 9.17) is 4.74 Å². The molecule has 6 nitrogen and oxygen atoms in total. The Morgan fingerprint density at radius 2 is 2.00 bits per heavy atom. The Bertz CT molecular complexity index is 382. The van der Waals surface area contributed by atoms with Crippen LogP contribution in [-0.2, 0) is 19.1 Å². The molecule has 0 aromatic carbocycles. The number of nitrogens with zero attached hydrogens (tertiary/aromatic N) is 1. The standard InChI is InChI=1S/C11H14N2O4/c1-4-17-8(3)12-11(16)7(2)13-9(14)5-6-10(13)15/h5-6,8H,2,4H2,1,3H3,(H,12,16). The fourth-order valence-corrected chi connectivity index (χ4v) is 1.33. The fraction of sp³-hybridized carbons (Fsp3) is 0.364. The van der Waals surface area contributed by atoms with Gasteiger partial charge < -0.3 is 10.1 Å². The quantitative estimate of drug-likeness (QED) is 0.413. The lowest BCUT2D eigenvalue weighted by Crippen LogP contribution is -2.42. The number of amides is 3. The lowest BCUT2D eigenvalue weighted by Gasteiger charge is -2.19. The van der Waals surface area contributed by atoms with Crippen molar-refractivity contribution in [2.24, 2.45) is 0 Å². The number of rotatable bonds is 5. The van der Waals surface area contributed by atoms with Crippen molar-refractivity contribution >= 4 is 17.7 Å². The first-order chi connectivity index (χ1) is 7.97. The van der Waals surface area contributed by atoms with Crippen molar-refractivity contribution in [3.05, 3.63) is 24.4 Å². The Kier molecular flexibility index (Phi) is 4.17. The zero-order chi connectivity index (χ0) is 13.0. The molecule has 0 aliphatic carbocycles. The van der Waals surface area contributed by atoms with Gasteiger partial charge in [0.25, 0.3) is 17.7 Å². The highest BCUT2D eigenvalue weighted by Gasteiger charge is 2.29. The molecular formula is C11H14N2O4. The molecule has 0 saturated carbocycles. The maximum absolute atomic E-state index is 11.6. The van der Waals surface area contributed by atoms with E-state index in [0.717, 1.165) is 12.2 Å². The maximum atomic E-state index is 11.6. The molecule has 0 aromatic rings.